The minimum atomic E-state index is -0.576. The molecule has 0 atom stereocenters. The molecule has 0 bridgehead atoms. The number of carbonyl (C=O) groups is 2. The van der Waals surface area contributed by atoms with Crippen molar-refractivity contribution in [3.8, 4) is 11.8 Å². The Labute approximate surface area is 212 Å². The van der Waals surface area contributed by atoms with Crippen LogP contribution >= 0.6 is 0 Å². The third-order valence-electron chi connectivity index (χ3n) is 5.67. The van der Waals surface area contributed by atoms with Crippen LogP contribution in [0.3, 0.4) is 0 Å². The van der Waals surface area contributed by atoms with Crippen LogP contribution in [0.5, 0.6) is 5.75 Å². The number of nitro groups is 1. The van der Waals surface area contributed by atoms with Crippen LogP contribution in [0.1, 0.15) is 27.0 Å². The van der Waals surface area contributed by atoms with Crippen molar-refractivity contribution in [1.29, 1.82) is 5.26 Å². The standard InChI is InChI=1S/C27H21N5O5/c1-37-20-12-6-17(7-13-20)14-15-29-27(34)23(16-28)24-21-4-2-3-5-22(21)25(30-24)31-26(33)18-8-10-19(11-9-18)32(35)36/h2-13H,14-15H2,1H3,(H,29,34)(H,30,31,33). The van der Waals surface area contributed by atoms with Crippen LogP contribution in [-0.4, -0.2) is 36.2 Å². The van der Waals surface area contributed by atoms with Crippen molar-refractivity contribution in [3.63, 3.8) is 0 Å². The molecule has 0 unspecified atom stereocenters. The van der Waals surface area contributed by atoms with Crippen LogP contribution in [0.2, 0.25) is 0 Å². The Morgan fingerprint density at radius 3 is 2.32 bits per heavy atom. The summed E-state index contributed by atoms with van der Waals surface area (Å²) >= 11 is 0. The van der Waals surface area contributed by atoms with Gasteiger partial charge in [-0.1, -0.05) is 36.4 Å². The Bertz CT molecular complexity index is 1470. The van der Waals surface area contributed by atoms with E-state index < -0.39 is 16.7 Å². The summed E-state index contributed by atoms with van der Waals surface area (Å²) in [6, 6.07) is 21.4. The van der Waals surface area contributed by atoms with Crippen molar-refractivity contribution in [2.24, 2.45) is 4.99 Å². The Hall–Kier alpha value is -5.30. The zero-order valence-corrected chi connectivity index (χ0v) is 19.7. The van der Waals surface area contributed by atoms with E-state index in [1.165, 1.54) is 24.3 Å². The molecule has 3 aromatic carbocycles. The molecule has 0 aromatic heterocycles. The lowest BCUT2D eigenvalue weighted by atomic mass is 10.0. The SMILES string of the molecule is COc1ccc(CCNC(=O)C(C#N)=C2N=C(NC(=O)c3ccc([N+](=O)[O-])cc3)c3ccccc32)cc1. The lowest BCUT2D eigenvalue weighted by Crippen LogP contribution is -2.30. The van der Waals surface area contributed by atoms with Crippen molar-refractivity contribution in [3.05, 3.63) is 111 Å². The number of amides is 2. The van der Waals surface area contributed by atoms with Crippen LogP contribution in [0, 0.1) is 21.4 Å². The Morgan fingerprint density at radius 2 is 1.70 bits per heavy atom. The van der Waals surface area contributed by atoms with Gasteiger partial charge in [0.2, 0.25) is 0 Å². The molecule has 184 valence electrons. The predicted molar refractivity (Wildman–Crippen MR) is 136 cm³/mol. The number of hydrogen-bond acceptors (Lipinski definition) is 7. The van der Waals surface area contributed by atoms with Gasteiger partial charge in [-0.15, -0.1) is 0 Å². The molecule has 10 heteroatoms. The Kier molecular flexibility index (Phi) is 7.35. The normalized spacial score (nSPS) is 13.0. The van der Waals surface area contributed by atoms with E-state index in [9.17, 15) is 25.0 Å². The van der Waals surface area contributed by atoms with Gasteiger partial charge < -0.3 is 15.4 Å². The molecule has 0 aliphatic carbocycles. The maximum absolute atomic E-state index is 12.9. The lowest BCUT2D eigenvalue weighted by molar-refractivity contribution is -0.384. The van der Waals surface area contributed by atoms with Crippen molar-refractivity contribution in [2.45, 2.75) is 6.42 Å². The zero-order valence-electron chi connectivity index (χ0n) is 19.7. The number of aliphatic imine (C=N–C) groups is 1. The Morgan fingerprint density at radius 1 is 1.03 bits per heavy atom. The predicted octanol–water partition coefficient (Wildman–Crippen LogP) is 3.39. The number of nitrogens with zero attached hydrogens (tertiary/aromatic N) is 3. The monoisotopic (exact) mass is 495 g/mol. The minimum Gasteiger partial charge on any atom is -0.497 e. The number of carbonyl (C=O) groups excluding carboxylic acids is 2. The van der Waals surface area contributed by atoms with Crippen LogP contribution < -0.4 is 15.4 Å². The number of hydrogen-bond donors (Lipinski definition) is 2. The van der Waals surface area contributed by atoms with Gasteiger partial charge in [0.15, 0.2) is 0 Å². The van der Waals surface area contributed by atoms with E-state index in [1.807, 2.05) is 30.3 Å². The number of nitrogens with one attached hydrogen (secondary N) is 2. The first-order chi connectivity index (χ1) is 17.9. The molecule has 1 aliphatic heterocycles. The molecule has 0 spiro atoms. The smallest absolute Gasteiger partial charge is 0.269 e. The highest BCUT2D eigenvalue weighted by Gasteiger charge is 2.27. The van der Waals surface area contributed by atoms with Gasteiger partial charge in [0.1, 0.15) is 23.2 Å². The number of ether oxygens (including phenoxy) is 1. The summed E-state index contributed by atoms with van der Waals surface area (Å²) in [6.07, 6.45) is 0.556. The topological polar surface area (TPSA) is 147 Å². The van der Waals surface area contributed by atoms with Crippen molar-refractivity contribution in [1.82, 2.24) is 10.6 Å². The summed E-state index contributed by atoms with van der Waals surface area (Å²) in [4.78, 5) is 40.3. The van der Waals surface area contributed by atoms with Crippen molar-refractivity contribution < 1.29 is 19.2 Å². The molecule has 0 fully saturated rings. The molecule has 10 nitrogen and oxygen atoms in total. The van der Waals surface area contributed by atoms with Gasteiger partial charge >= 0.3 is 0 Å². The molecule has 0 saturated carbocycles. The third-order valence-corrected chi connectivity index (χ3v) is 5.67. The summed E-state index contributed by atoms with van der Waals surface area (Å²) < 4.78 is 5.14. The van der Waals surface area contributed by atoms with E-state index in [0.717, 1.165) is 11.3 Å². The summed E-state index contributed by atoms with van der Waals surface area (Å²) in [5, 5.41) is 26.1. The van der Waals surface area contributed by atoms with Gasteiger partial charge in [-0.2, -0.15) is 5.26 Å². The van der Waals surface area contributed by atoms with E-state index >= 15 is 0 Å². The molecule has 2 N–H and O–H groups in total. The molecule has 2 amide bonds. The van der Waals surface area contributed by atoms with Crippen LogP contribution in [0.25, 0.3) is 5.70 Å². The minimum absolute atomic E-state index is 0.137. The first-order valence-electron chi connectivity index (χ1n) is 11.2. The average Bonchev–Trinajstić information content (AvgIpc) is 3.27. The molecule has 0 radical (unpaired) electrons. The summed E-state index contributed by atoms with van der Waals surface area (Å²) in [5.41, 5.74) is 2.10. The summed E-state index contributed by atoms with van der Waals surface area (Å²) in [6.45, 7) is 0.304. The van der Waals surface area contributed by atoms with E-state index in [4.69, 9.17) is 4.74 Å². The summed E-state index contributed by atoms with van der Waals surface area (Å²) in [5.74, 6) is -0.203. The van der Waals surface area contributed by atoms with Gasteiger partial charge in [0.05, 0.1) is 17.7 Å². The fraction of sp³-hybridized carbons (Fsp3) is 0.111. The second-order valence-electron chi connectivity index (χ2n) is 7.95. The van der Waals surface area contributed by atoms with Crippen LogP contribution in [0.15, 0.2) is 83.4 Å². The van der Waals surface area contributed by atoms with Crippen LogP contribution in [-0.2, 0) is 11.2 Å². The number of nitro benzene ring substituents is 1. The second kappa shape index (κ2) is 11.0. The quantitative estimate of drug-likeness (QED) is 0.222. The maximum Gasteiger partial charge on any atom is 0.269 e. The van der Waals surface area contributed by atoms with Crippen molar-refractivity contribution in [2.75, 3.05) is 13.7 Å². The van der Waals surface area contributed by atoms with E-state index in [2.05, 4.69) is 15.6 Å². The highest BCUT2D eigenvalue weighted by molar-refractivity contribution is 6.20. The highest BCUT2D eigenvalue weighted by Crippen LogP contribution is 2.30. The third kappa shape index (κ3) is 5.52. The average molecular weight is 495 g/mol. The first-order valence-corrected chi connectivity index (χ1v) is 11.2. The van der Waals surface area contributed by atoms with E-state index in [1.54, 1.807) is 31.4 Å². The largest absolute Gasteiger partial charge is 0.497 e. The number of benzene rings is 3. The number of fused-ring (bicyclic) bond motifs is 1. The zero-order chi connectivity index (χ0) is 26.4. The highest BCUT2D eigenvalue weighted by atomic mass is 16.6. The number of nitriles is 1. The molecule has 1 heterocycles. The number of methoxy groups -OCH3 is 1. The molecule has 1 aliphatic rings. The molecular weight excluding hydrogens is 474 g/mol. The maximum atomic E-state index is 12.9. The second-order valence-corrected chi connectivity index (χ2v) is 7.95. The number of amidine groups is 1. The van der Waals surface area contributed by atoms with Gasteiger partial charge in [0.25, 0.3) is 17.5 Å². The van der Waals surface area contributed by atoms with Crippen LogP contribution in [0.4, 0.5) is 5.69 Å². The molecule has 0 saturated heterocycles. The first kappa shape index (κ1) is 24.8. The Balaban J connectivity index is 1.53. The van der Waals surface area contributed by atoms with Gasteiger partial charge in [-0.05, 0) is 36.2 Å². The van der Waals surface area contributed by atoms with E-state index in [0.29, 0.717) is 24.1 Å². The molecule has 3 aromatic rings. The number of non-ortho nitro benzene ring substituents is 1. The van der Waals surface area contributed by atoms with Gasteiger partial charge in [0, 0.05) is 35.4 Å². The molecular formula is C27H21N5O5. The number of rotatable bonds is 7. The van der Waals surface area contributed by atoms with Gasteiger partial charge in [-0.3, -0.25) is 19.7 Å². The fourth-order valence-corrected chi connectivity index (χ4v) is 3.74. The van der Waals surface area contributed by atoms with Crippen molar-refractivity contribution >= 4 is 29.0 Å². The lowest BCUT2D eigenvalue weighted by Gasteiger charge is -2.07. The molecule has 4 rings (SSSR count). The fourth-order valence-electron chi connectivity index (χ4n) is 3.74. The summed E-state index contributed by atoms with van der Waals surface area (Å²) in [7, 11) is 1.59. The van der Waals surface area contributed by atoms with E-state index in [-0.39, 0.29) is 28.4 Å². The van der Waals surface area contributed by atoms with Gasteiger partial charge in [-0.25, -0.2) is 4.99 Å². The molecule has 37 heavy (non-hydrogen) atoms.